The molecule has 0 amide bonds. The van der Waals surface area contributed by atoms with E-state index in [1.165, 1.54) is 0 Å². The highest BCUT2D eigenvalue weighted by Crippen LogP contribution is 2.16. The zero-order valence-electron chi connectivity index (χ0n) is 21.1. The summed E-state index contributed by atoms with van der Waals surface area (Å²) < 4.78 is 50.6. The standard InChI is InChI=1S/C9H25NO4Si2.C7H21NO4Si2/c1-7-14-16(9-3,13-6)10-15(8-2,11-4)12-5;1-7-12-14(6,11-4)8-13(5,9-2)10-3/h10H,7-9H2,1-6H3;8H,7H2,1-6H3. The lowest BCUT2D eigenvalue weighted by Gasteiger charge is -2.36. The third-order valence-electron chi connectivity index (χ3n) is 4.72. The van der Waals surface area contributed by atoms with Crippen LogP contribution in [0.3, 0.4) is 0 Å². The molecule has 0 saturated heterocycles. The van der Waals surface area contributed by atoms with Gasteiger partial charge < -0.3 is 35.4 Å². The molecule has 0 rings (SSSR count). The fourth-order valence-electron chi connectivity index (χ4n) is 2.59. The van der Waals surface area contributed by atoms with Crippen LogP contribution in [0.5, 0.6) is 0 Å². The van der Waals surface area contributed by atoms with Crippen LogP contribution < -0.4 is 9.30 Å². The van der Waals surface area contributed by atoms with Gasteiger partial charge in [-0.05, 0) is 26.9 Å². The van der Waals surface area contributed by atoms with Crippen molar-refractivity contribution in [3.8, 4) is 0 Å². The third kappa shape index (κ3) is 10.9. The first kappa shape index (κ1) is 32.6. The molecule has 0 aliphatic heterocycles. The Kier molecular flexibility index (Phi) is 17.6. The molecule has 0 aromatic rings. The fourth-order valence-corrected chi connectivity index (χ4v) is 15.3. The summed E-state index contributed by atoms with van der Waals surface area (Å²) in [5.41, 5.74) is 0. The molecule has 0 aromatic heterocycles. The first-order chi connectivity index (χ1) is 14.0. The highest BCUT2D eigenvalue weighted by Gasteiger charge is 2.47. The Morgan fingerprint density at radius 2 is 0.900 bits per heavy atom. The van der Waals surface area contributed by atoms with E-state index in [2.05, 4.69) is 16.2 Å². The van der Waals surface area contributed by atoms with E-state index in [1.54, 1.807) is 42.7 Å². The van der Waals surface area contributed by atoms with Gasteiger partial charge in [-0.1, -0.05) is 13.8 Å². The van der Waals surface area contributed by atoms with Crippen LogP contribution in [-0.2, 0) is 35.4 Å². The second kappa shape index (κ2) is 16.1. The normalized spacial score (nSPS) is 16.4. The lowest BCUT2D eigenvalue weighted by molar-refractivity contribution is 0.183. The average Bonchev–Trinajstić information content (AvgIpc) is 2.77. The molecule has 2 unspecified atom stereocenters. The average molecular weight is 507 g/mol. The molecule has 184 valence electrons. The Bertz CT molecular complexity index is 422. The molecule has 14 heteroatoms. The molecule has 2 atom stereocenters. The lowest BCUT2D eigenvalue weighted by Crippen LogP contribution is -2.69. The second-order valence-corrected chi connectivity index (χ2v) is 19.7. The Hall–Kier alpha value is 0.468. The number of nitrogens with one attached hydrogen (secondary N) is 2. The molecule has 0 saturated carbocycles. The monoisotopic (exact) mass is 506 g/mol. The van der Waals surface area contributed by atoms with Crippen LogP contribution in [0.25, 0.3) is 0 Å². The van der Waals surface area contributed by atoms with Gasteiger partial charge in [-0.3, -0.25) is 9.30 Å². The van der Waals surface area contributed by atoms with Crippen molar-refractivity contribution in [2.75, 3.05) is 55.9 Å². The van der Waals surface area contributed by atoms with Gasteiger partial charge in [0.15, 0.2) is 0 Å². The smallest absolute Gasteiger partial charge is 0.386 e. The zero-order valence-corrected chi connectivity index (χ0v) is 25.1. The van der Waals surface area contributed by atoms with Gasteiger partial charge in [-0.2, -0.15) is 0 Å². The zero-order chi connectivity index (χ0) is 23.9. The van der Waals surface area contributed by atoms with Crippen molar-refractivity contribution in [1.82, 2.24) is 9.30 Å². The maximum absolute atomic E-state index is 5.77. The molecule has 0 aliphatic carbocycles. The van der Waals surface area contributed by atoms with Crippen LogP contribution in [0.15, 0.2) is 0 Å². The van der Waals surface area contributed by atoms with Crippen LogP contribution >= 0.6 is 0 Å². The molecular weight excluding hydrogens is 461 g/mol. The van der Waals surface area contributed by atoms with E-state index < -0.39 is 34.9 Å². The van der Waals surface area contributed by atoms with E-state index in [0.717, 1.165) is 12.1 Å². The van der Waals surface area contributed by atoms with Crippen LogP contribution in [0, 0.1) is 0 Å². The quantitative estimate of drug-likeness (QED) is 0.303. The topological polar surface area (TPSA) is 97.9 Å². The molecule has 0 aromatic carbocycles. The van der Waals surface area contributed by atoms with Gasteiger partial charge in [0.05, 0.1) is 0 Å². The van der Waals surface area contributed by atoms with Crippen molar-refractivity contribution in [3.05, 3.63) is 0 Å². The number of hydrogen-bond acceptors (Lipinski definition) is 10. The van der Waals surface area contributed by atoms with Gasteiger partial charge in [0.2, 0.25) is 0 Å². The van der Waals surface area contributed by atoms with Crippen LogP contribution in [0.1, 0.15) is 27.7 Å². The first-order valence-corrected chi connectivity index (χ1v) is 18.9. The van der Waals surface area contributed by atoms with Gasteiger partial charge in [-0.15, -0.1) is 0 Å². The van der Waals surface area contributed by atoms with Gasteiger partial charge in [0.25, 0.3) is 0 Å². The molecule has 10 nitrogen and oxygen atoms in total. The van der Waals surface area contributed by atoms with Gasteiger partial charge in [0.1, 0.15) is 0 Å². The summed E-state index contributed by atoms with van der Waals surface area (Å²) in [5.74, 6) is 0. The van der Waals surface area contributed by atoms with Crippen LogP contribution in [0.2, 0.25) is 25.2 Å². The Balaban J connectivity index is 0. The van der Waals surface area contributed by atoms with E-state index in [0.29, 0.717) is 13.2 Å². The molecule has 0 spiro atoms. The summed E-state index contributed by atoms with van der Waals surface area (Å²) in [4.78, 5) is 0. The molecule has 2 N–H and O–H groups in total. The number of rotatable bonds is 16. The third-order valence-corrected chi connectivity index (χ3v) is 19.2. The maximum atomic E-state index is 5.77. The second-order valence-electron chi connectivity index (χ2n) is 6.45. The summed E-state index contributed by atoms with van der Waals surface area (Å²) in [6.07, 6.45) is 0. The molecule has 0 heterocycles. The minimum Gasteiger partial charge on any atom is -0.386 e. The van der Waals surface area contributed by atoms with Gasteiger partial charge in [-0.25, -0.2) is 0 Å². The predicted octanol–water partition coefficient (Wildman–Crippen LogP) is 2.16. The van der Waals surface area contributed by atoms with Crippen molar-refractivity contribution in [3.63, 3.8) is 0 Å². The Morgan fingerprint density at radius 1 is 0.500 bits per heavy atom. The van der Waals surface area contributed by atoms with E-state index in [4.69, 9.17) is 35.4 Å². The van der Waals surface area contributed by atoms with Gasteiger partial charge in [0, 0.05) is 68.0 Å². The number of hydrogen-bond donors (Lipinski definition) is 2. The van der Waals surface area contributed by atoms with Crippen LogP contribution in [-0.4, -0.2) is 90.8 Å². The van der Waals surface area contributed by atoms with E-state index >= 15 is 0 Å². The highest BCUT2D eigenvalue weighted by atomic mass is 28.5. The summed E-state index contributed by atoms with van der Waals surface area (Å²) in [6.45, 7) is 13.1. The van der Waals surface area contributed by atoms with Crippen molar-refractivity contribution in [1.29, 1.82) is 0 Å². The molecule has 0 bridgehead atoms. The van der Waals surface area contributed by atoms with Crippen molar-refractivity contribution in [2.45, 2.75) is 52.9 Å². The molecule has 0 radical (unpaired) electrons. The molecule has 0 aliphatic rings. The summed E-state index contributed by atoms with van der Waals surface area (Å²) >= 11 is 0. The summed E-state index contributed by atoms with van der Waals surface area (Å²) in [5, 5.41) is 0. The minimum absolute atomic E-state index is 0.613. The fraction of sp³-hybridized carbons (Fsp3) is 1.00. The molecule has 0 fully saturated rings. The lowest BCUT2D eigenvalue weighted by atomic mass is 10.9. The largest absolute Gasteiger partial charge is 0.421 e. The predicted molar refractivity (Wildman–Crippen MR) is 127 cm³/mol. The van der Waals surface area contributed by atoms with E-state index in [-0.39, 0.29) is 0 Å². The molecular formula is C16H46N2O8Si4. The minimum atomic E-state index is -2.38. The first-order valence-electron chi connectivity index (χ1n) is 10.2. The maximum Gasteiger partial charge on any atom is 0.421 e. The van der Waals surface area contributed by atoms with Crippen molar-refractivity contribution >= 4 is 34.9 Å². The van der Waals surface area contributed by atoms with E-state index in [9.17, 15) is 0 Å². The summed E-state index contributed by atoms with van der Waals surface area (Å²) in [6, 6.07) is 1.63. The summed E-state index contributed by atoms with van der Waals surface area (Å²) in [7, 11) is 0.481. The Morgan fingerprint density at radius 3 is 1.17 bits per heavy atom. The van der Waals surface area contributed by atoms with Gasteiger partial charge >= 0.3 is 34.9 Å². The van der Waals surface area contributed by atoms with Crippen molar-refractivity contribution < 1.29 is 35.4 Å². The van der Waals surface area contributed by atoms with Crippen molar-refractivity contribution in [2.24, 2.45) is 0 Å². The molecule has 30 heavy (non-hydrogen) atoms. The van der Waals surface area contributed by atoms with Crippen LogP contribution in [0.4, 0.5) is 0 Å². The highest BCUT2D eigenvalue weighted by molar-refractivity contribution is 6.81. The van der Waals surface area contributed by atoms with E-state index in [1.807, 2.05) is 33.9 Å². The Labute approximate surface area is 188 Å². The SMILES string of the molecule is CCO[Si](C)(N[Si](C)(OC)OC)OC.CCO[Si](CC)(N[Si](CC)(OC)OC)OC.